The van der Waals surface area contributed by atoms with Crippen LogP contribution in [0.2, 0.25) is 0 Å². The average Bonchev–Trinajstić information content (AvgIpc) is 2.87. The second-order valence-electron chi connectivity index (χ2n) is 3.90. The first kappa shape index (κ1) is 24.9. The van der Waals surface area contributed by atoms with E-state index in [-0.39, 0.29) is 16.7 Å². The molecule has 0 aromatic carbocycles. The van der Waals surface area contributed by atoms with Gasteiger partial charge in [0.2, 0.25) is 0 Å². The van der Waals surface area contributed by atoms with E-state index in [1.54, 1.807) is 12.5 Å². The molecule has 10 nitrogen and oxygen atoms in total. The number of nitrogens with zero attached hydrogens (tertiary/aromatic N) is 1. The largest absolute Gasteiger partial charge is 0.479 e. The van der Waals surface area contributed by atoms with Crippen molar-refractivity contribution in [1.82, 2.24) is 15.3 Å². The summed E-state index contributed by atoms with van der Waals surface area (Å²) in [5.41, 5.74) is 0.974. The van der Waals surface area contributed by atoms with E-state index in [1.807, 2.05) is 0 Å². The molecule has 0 radical (unpaired) electrons. The lowest BCUT2D eigenvalue weighted by Gasteiger charge is -2.06. The monoisotopic (exact) mass is 327 g/mol. The van der Waals surface area contributed by atoms with Crippen molar-refractivity contribution in [2.24, 2.45) is 0 Å². The van der Waals surface area contributed by atoms with E-state index >= 15 is 0 Å². The number of rotatable bonds is 7. The zero-order chi connectivity index (χ0) is 15.5. The predicted octanol–water partition coefficient (Wildman–Crippen LogP) is -2.23. The van der Waals surface area contributed by atoms with Crippen LogP contribution in [0.4, 0.5) is 4.70 Å². The van der Waals surface area contributed by atoms with Gasteiger partial charge in [-0.25, -0.2) is 14.6 Å². The normalized spacial score (nSPS) is 11.8. The summed E-state index contributed by atoms with van der Waals surface area (Å²) in [6, 6.07) is 0. The van der Waals surface area contributed by atoms with Crippen LogP contribution in [0, 0.1) is 0 Å². The van der Waals surface area contributed by atoms with E-state index in [9.17, 15) is 9.59 Å². The number of hydrogen-bond donors (Lipinski definition) is 6. The molecule has 0 bridgehead atoms. The van der Waals surface area contributed by atoms with E-state index in [4.69, 9.17) is 20.4 Å². The van der Waals surface area contributed by atoms with Crippen LogP contribution in [0.5, 0.6) is 0 Å². The van der Waals surface area contributed by atoms with Gasteiger partial charge in [-0.15, -0.1) is 0 Å². The van der Waals surface area contributed by atoms with Gasteiger partial charge >= 0.3 is 11.9 Å². The molecule has 0 fully saturated rings. The van der Waals surface area contributed by atoms with Gasteiger partial charge in [0.15, 0.2) is 6.10 Å². The number of aliphatic carboxylic acids is 2. The maximum Gasteiger partial charge on any atom is 0.333 e. The van der Waals surface area contributed by atoms with Crippen molar-refractivity contribution < 1.29 is 40.2 Å². The number of carbonyl (C=O) groups is 2. The molecule has 1 rings (SSSR count). The number of carboxylic acids is 2. The Balaban J connectivity index is -0.000000392. The van der Waals surface area contributed by atoms with Crippen molar-refractivity contribution in [2.75, 3.05) is 13.1 Å². The molecule has 11 heteroatoms. The van der Waals surface area contributed by atoms with Gasteiger partial charge in [0.25, 0.3) is 0 Å². The maximum absolute atomic E-state index is 10.2. The predicted molar refractivity (Wildman–Crippen MR) is 74.2 cm³/mol. The lowest BCUT2D eigenvalue weighted by Crippen LogP contribution is -2.34. The molecule has 0 aliphatic heterocycles. The lowest BCUT2D eigenvalue weighted by atomic mass is 10.3. The minimum absolute atomic E-state index is 0. The van der Waals surface area contributed by atoms with Gasteiger partial charge in [-0.1, -0.05) is 0 Å². The van der Waals surface area contributed by atoms with E-state index in [0.29, 0.717) is 6.54 Å². The van der Waals surface area contributed by atoms with Crippen LogP contribution in [0.1, 0.15) is 12.6 Å². The Labute approximate surface area is 125 Å². The quantitative estimate of drug-likeness (QED) is 0.303. The van der Waals surface area contributed by atoms with Crippen molar-refractivity contribution in [2.45, 2.75) is 25.6 Å². The topological polar surface area (TPSA) is 187 Å². The lowest BCUT2D eigenvalue weighted by molar-refractivity contribution is -0.146. The minimum atomic E-state index is -1.34. The Morgan fingerprint density at radius 2 is 1.86 bits per heavy atom. The highest BCUT2D eigenvalue weighted by Gasteiger charge is 2.11. The Morgan fingerprint density at radius 3 is 2.23 bits per heavy atom. The van der Waals surface area contributed by atoms with Crippen LogP contribution in [-0.2, 0) is 16.0 Å². The molecule has 0 saturated heterocycles. The second-order valence-corrected chi connectivity index (χ2v) is 3.90. The molecule has 22 heavy (non-hydrogen) atoms. The fourth-order valence-corrected chi connectivity index (χ4v) is 0.971. The molecular formula is C11H22FN3O7. The Morgan fingerprint density at radius 1 is 1.32 bits per heavy atom. The number of aliphatic hydroxyl groups is 2. The molecule has 1 aromatic rings. The molecule has 0 aliphatic carbocycles. The van der Waals surface area contributed by atoms with Gasteiger partial charge in [0, 0.05) is 31.4 Å². The van der Waals surface area contributed by atoms with E-state index in [0.717, 1.165) is 12.1 Å². The van der Waals surface area contributed by atoms with Gasteiger partial charge in [-0.3, -0.25) is 4.70 Å². The summed E-state index contributed by atoms with van der Waals surface area (Å²) < 4.78 is 0. The molecule has 0 amide bonds. The highest BCUT2D eigenvalue weighted by Crippen LogP contribution is 1.90. The van der Waals surface area contributed by atoms with Gasteiger partial charge in [-0.05, 0) is 6.92 Å². The average molecular weight is 327 g/mol. The fourth-order valence-electron chi connectivity index (χ4n) is 0.971. The third-order valence-corrected chi connectivity index (χ3v) is 2.11. The summed E-state index contributed by atoms with van der Waals surface area (Å²) in [4.78, 5) is 26.4. The van der Waals surface area contributed by atoms with Gasteiger partial charge in [0.1, 0.15) is 6.10 Å². The number of aromatic amines is 1. The van der Waals surface area contributed by atoms with Crippen molar-refractivity contribution in [3.63, 3.8) is 0 Å². The summed E-state index contributed by atoms with van der Waals surface area (Å²) in [5, 5.41) is 35.9. The number of H-pyrrole nitrogens is 1. The molecule has 0 saturated carbocycles. The van der Waals surface area contributed by atoms with Crippen LogP contribution in [0.3, 0.4) is 0 Å². The Kier molecular flexibility index (Phi) is 15.7. The molecule has 1 heterocycles. The van der Waals surface area contributed by atoms with Crippen molar-refractivity contribution in [3.8, 4) is 0 Å². The molecule has 8 N–H and O–H groups in total. The van der Waals surface area contributed by atoms with Gasteiger partial charge in [-0.2, -0.15) is 0 Å². The zero-order valence-electron chi connectivity index (χ0n) is 11.9. The number of aromatic nitrogens is 2. The second kappa shape index (κ2) is 13.9. The van der Waals surface area contributed by atoms with Gasteiger partial charge < -0.3 is 36.2 Å². The first-order valence-electron chi connectivity index (χ1n) is 5.84. The number of halogens is 1. The molecule has 2 unspecified atom stereocenters. The fraction of sp³-hybridized carbons (Fsp3) is 0.545. The van der Waals surface area contributed by atoms with Crippen LogP contribution >= 0.6 is 0 Å². The molecule has 1 aromatic heterocycles. The Bertz CT molecular complexity index is 400. The summed E-state index contributed by atoms with van der Waals surface area (Å²) in [6.45, 7) is 1.86. The molecule has 0 spiro atoms. The number of nitrogens with one attached hydrogen (secondary N) is 2. The van der Waals surface area contributed by atoms with Crippen LogP contribution in [-0.4, -0.2) is 73.1 Å². The van der Waals surface area contributed by atoms with E-state index in [1.165, 1.54) is 6.92 Å². The molecule has 2 atom stereocenters. The highest BCUT2D eigenvalue weighted by atomic mass is 19.0. The third kappa shape index (κ3) is 12.9. The van der Waals surface area contributed by atoms with Crippen LogP contribution in [0.15, 0.2) is 12.5 Å². The highest BCUT2D eigenvalue weighted by molar-refractivity contribution is 5.72. The number of aliphatic hydroxyl groups excluding tert-OH is 2. The summed E-state index contributed by atoms with van der Waals surface area (Å²) in [7, 11) is 0. The standard InChI is InChI=1S/C8H13N3O3.C3H6O3.FH.H2O/c12-7(8(13)14)4-9-2-1-6-3-10-5-11-6;1-2(4)3(5)6;;/h3,5,7,9,12H,1-2,4H2,(H,10,11)(H,13,14);2,4H,1H3,(H,5,6);1H;1H2. The zero-order valence-corrected chi connectivity index (χ0v) is 11.9. The smallest absolute Gasteiger partial charge is 0.333 e. The van der Waals surface area contributed by atoms with Crippen molar-refractivity contribution >= 4 is 11.9 Å². The van der Waals surface area contributed by atoms with E-state index in [2.05, 4.69) is 15.3 Å². The SMILES string of the molecule is CC(O)C(=O)O.F.O.O=C(O)C(O)CNCCc1cnc[nH]1. The summed E-state index contributed by atoms with van der Waals surface area (Å²) in [5.74, 6) is -2.39. The Hall–Kier alpha value is -2.08. The van der Waals surface area contributed by atoms with E-state index < -0.39 is 24.1 Å². The van der Waals surface area contributed by atoms with Crippen molar-refractivity contribution in [3.05, 3.63) is 18.2 Å². The third-order valence-electron chi connectivity index (χ3n) is 2.11. The minimum Gasteiger partial charge on any atom is -0.479 e. The van der Waals surface area contributed by atoms with Crippen LogP contribution < -0.4 is 5.32 Å². The first-order chi connectivity index (χ1) is 9.34. The van der Waals surface area contributed by atoms with Gasteiger partial charge in [0.05, 0.1) is 6.33 Å². The number of imidazole rings is 1. The van der Waals surface area contributed by atoms with Crippen molar-refractivity contribution in [1.29, 1.82) is 0 Å². The molecule has 0 aliphatic rings. The van der Waals surface area contributed by atoms with Crippen LogP contribution in [0.25, 0.3) is 0 Å². The molecule has 130 valence electrons. The summed E-state index contributed by atoms with van der Waals surface area (Å²) in [6.07, 6.45) is 1.45. The molecular weight excluding hydrogens is 305 g/mol. The first-order valence-corrected chi connectivity index (χ1v) is 5.84. The maximum atomic E-state index is 10.2. The number of carboxylic acid groups (broad SMARTS) is 2. The number of hydrogen-bond acceptors (Lipinski definition) is 6. The summed E-state index contributed by atoms with van der Waals surface area (Å²) >= 11 is 0.